The zero-order chi connectivity index (χ0) is 22.9. The zero-order valence-electron chi connectivity index (χ0n) is 17.8. The van der Waals surface area contributed by atoms with Gasteiger partial charge in [-0.2, -0.15) is 4.98 Å². The molecule has 0 bridgehead atoms. The molecular weight excluding hydrogens is 413 g/mol. The summed E-state index contributed by atoms with van der Waals surface area (Å²) in [5, 5.41) is 8.67. The number of allylic oxidation sites excluding steroid dienone is 1. The van der Waals surface area contributed by atoms with Crippen LogP contribution >= 0.6 is 0 Å². The van der Waals surface area contributed by atoms with Crippen LogP contribution in [0.25, 0.3) is 0 Å². The minimum absolute atomic E-state index is 0.161. The fraction of sp³-hybridized carbons (Fsp3) is 0.273. The lowest BCUT2D eigenvalue weighted by atomic mass is 9.93. The van der Waals surface area contributed by atoms with Crippen LogP contribution in [0.4, 0.5) is 27.5 Å². The van der Waals surface area contributed by atoms with Crippen molar-refractivity contribution in [2.75, 3.05) is 36.2 Å². The van der Waals surface area contributed by atoms with Crippen molar-refractivity contribution >= 4 is 35.3 Å². The standard InChI is InChI=1S/C22H26FN7O2/c1-3-20(31)27-15-4-5-18(23)19(10-15)29-21-17(14-6-8-32-9-7-14)13-26-22(30-21)28-16(11-24)12-25-2/h3-5,10-14H,1,6-9,24H2,2H3,(H,27,31)(H2,26,28,29,30)/b16-11+,25-12?. The summed E-state index contributed by atoms with van der Waals surface area (Å²) in [7, 11) is 1.62. The number of benzene rings is 1. The number of halogens is 1. The monoisotopic (exact) mass is 439 g/mol. The normalized spacial score (nSPS) is 14.9. The number of carbonyl (C=O) groups is 1. The molecule has 2 aromatic rings. The Labute approximate surface area is 185 Å². The van der Waals surface area contributed by atoms with Gasteiger partial charge in [0.25, 0.3) is 0 Å². The second-order valence-electron chi connectivity index (χ2n) is 7.03. The number of nitrogens with one attached hydrogen (secondary N) is 3. The van der Waals surface area contributed by atoms with Gasteiger partial charge in [-0.15, -0.1) is 0 Å². The van der Waals surface area contributed by atoms with Crippen molar-refractivity contribution in [1.29, 1.82) is 0 Å². The van der Waals surface area contributed by atoms with E-state index in [9.17, 15) is 9.18 Å². The minimum Gasteiger partial charge on any atom is -0.403 e. The molecule has 0 spiro atoms. The van der Waals surface area contributed by atoms with Gasteiger partial charge < -0.3 is 26.4 Å². The van der Waals surface area contributed by atoms with E-state index in [1.54, 1.807) is 13.2 Å². The zero-order valence-corrected chi connectivity index (χ0v) is 17.8. The van der Waals surface area contributed by atoms with Gasteiger partial charge >= 0.3 is 0 Å². The minimum atomic E-state index is -0.492. The van der Waals surface area contributed by atoms with Gasteiger partial charge in [0, 0.05) is 50.1 Å². The van der Waals surface area contributed by atoms with Gasteiger partial charge in [0.2, 0.25) is 11.9 Å². The van der Waals surface area contributed by atoms with E-state index < -0.39 is 11.7 Å². The summed E-state index contributed by atoms with van der Waals surface area (Å²) in [6.45, 7) is 4.69. The molecule has 1 fully saturated rings. The molecule has 1 aliphatic heterocycles. The highest BCUT2D eigenvalue weighted by atomic mass is 19.1. The van der Waals surface area contributed by atoms with E-state index in [2.05, 4.69) is 37.5 Å². The maximum absolute atomic E-state index is 14.6. The maximum Gasteiger partial charge on any atom is 0.247 e. The highest BCUT2D eigenvalue weighted by Crippen LogP contribution is 2.34. The number of anilines is 4. The summed E-state index contributed by atoms with van der Waals surface area (Å²) in [5.74, 6) is 0.00134. The lowest BCUT2D eigenvalue weighted by molar-refractivity contribution is -0.111. The van der Waals surface area contributed by atoms with Crippen LogP contribution in [0.2, 0.25) is 0 Å². The molecule has 0 radical (unpaired) electrons. The lowest BCUT2D eigenvalue weighted by Gasteiger charge is -2.24. The van der Waals surface area contributed by atoms with Crippen molar-refractivity contribution in [2.45, 2.75) is 18.8 Å². The van der Waals surface area contributed by atoms with Crippen LogP contribution in [-0.2, 0) is 9.53 Å². The largest absolute Gasteiger partial charge is 0.403 e. The van der Waals surface area contributed by atoms with E-state index in [1.165, 1.54) is 30.6 Å². The number of rotatable bonds is 8. The van der Waals surface area contributed by atoms with Crippen molar-refractivity contribution in [2.24, 2.45) is 10.7 Å². The van der Waals surface area contributed by atoms with Gasteiger partial charge in [0.1, 0.15) is 11.6 Å². The first-order chi connectivity index (χ1) is 15.5. The molecule has 0 aliphatic carbocycles. The van der Waals surface area contributed by atoms with Crippen LogP contribution in [0.15, 0.2) is 53.9 Å². The number of aliphatic imine (C=N–C) groups is 1. The summed E-state index contributed by atoms with van der Waals surface area (Å²) in [4.78, 5) is 24.5. The molecule has 1 saturated heterocycles. The van der Waals surface area contributed by atoms with E-state index in [0.717, 1.165) is 24.5 Å². The molecule has 1 aliphatic rings. The van der Waals surface area contributed by atoms with Crippen molar-refractivity contribution in [3.8, 4) is 0 Å². The van der Waals surface area contributed by atoms with E-state index in [0.29, 0.717) is 30.4 Å². The Balaban J connectivity index is 1.96. The SMILES string of the molecule is C=CC(=O)Nc1ccc(F)c(Nc2nc(N/C(C=NC)=C/N)ncc2C2CCOCC2)c1. The molecule has 0 saturated carbocycles. The second-order valence-corrected chi connectivity index (χ2v) is 7.03. The first kappa shape index (κ1) is 22.9. The van der Waals surface area contributed by atoms with Crippen molar-refractivity contribution in [3.63, 3.8) is 0 Å². The van der Waals surface area contributed by atoms with E-state index in [4.69, 9.17) is 10.5 Å². The summed E-state index contributed by atoms with van der Waals surface area (Å²) in [6, 6.07) is 4.23. The van der Waals surface area contributed by atoms with Gasteiger partial charge in [-0.3, -0.25) is 9.79 Å². The predicted octanol–water partition coefficient (Wildman–Crippen LogP) is 3.29. The number of ether oxygens (including phenoxy) is 1. The first-order valence-electron chi connectivity index (χ1n) is 10.1. The summed E-state index contributed by atoms with van der Waals surface area (Å²) < 4.78 is 20.1. The van der Waals surface area contributed by atoms with E-state index in [1.807, 2.05) is 0 Å². The van der Waals surface area contributed by atoms with E-state index in [-0.39, 0.29) is 17.6 Å². The highest BCUT2D eigenvalue weighted by Gasteiger charge is 2.22. The summed E-state index contributed by atoms with van der Waals surface area (Å²) in [6.07, 6.45) is 7.35. The summed E-state index contributed by atoms with van der Waals surface area (Å²) >= 11 is 0. The topological polar surface area (TPSA) is 127 Å². The average Bonchev–Trinajstić information content (AvgIpc) is 2.81. The molecule has 5 N–H and O–H groups in total. The second kappa shape index (κ2) is 11.0. The molecule has 9 nitrogen and oxygen atoms in total. The number of carbonyl (C=O) groups excluding carboxylic acids is 1. The van der Waals surface area contributed by atoms with Crippen LogP contribution in [0.3, 0.4) is 0 Å². The molecular formula is C22H26FN7O2. The Bertz CT molecular complexity index is 1030. The van der Waals surface area contributed by atoms with E-state index >= 15 is 0 Å². The molecule has 0 unspecified atom stereocenters. The number of nitrogens with zero attached hydrogens (tertiary/aromatic N) is 3. The molecule has 168 valence electrons. The predicted molar refractivity (Wildman–Crippen MR) is 124 cm³/mol. The number of nitrogens with two attached hydrogens (primary N) is 1. The molecule has 1 amide bonds. The molecule has 1 aromatic heterocycles. The number of hydrogen-bond donors (Lipinski definition) is 4. The Morgan fingerprint density at radius 1 is 1.34 bits per heavy atom. The van der Waals surface area contributed by atoms with Gasteiger partial charge in [0.15, 0.2) is 0 Å². The van der Waals surface area contributed by atoms with Crippen LogP contribution in [-0.4, -0.2) is 42.4 Å². The third-order valence-corrected chi connectivity index (χ3v) is 4.85. The summed E-state index contributed by atoms with van der Waals surface area (Å²) in [5.41, 5.74) is 7.55. The number of aromatic nitrogens is 2. The molecule has 10 heteroatoms. The van der Waals surface area contributed by atoms with Crippen LogP contribution in [0.1, 0.15) is 24.3 Å². The van der Waals surface area contributed by atoms with Crippen molar-refractivity contribution in [3.05, 3.63) is 60.3 Å². The number of amides is 1. The molecule has 0 atom stereocenters. The van der Waals surface area contributed by atoms with Gasteiger partial charge in [0.05, 0.1) is 11.4 Å². The Kier molecular flexibility index (Phi) is 7.87. The van der Waals surface area contributed by atoms with Gasteiger partial charge in [-0.05, 0) is 43.0 Å². The van der Waals surface area contributed by atoms with Crippen molar-refractivity contribution < 1.29 is 13.9 Å². The highest BCUT2D eigenvalue weighted by molar-refractivity contribution is 5.99. The van der Waals surface area contributed by atoms with Crippen LogP contribution < -0.4 is 21.7 Å². The Morgan fingerprint density at radius 2 is 2.12 bits per heavy atom. The van der Waals surface area contributed by atoms with Crippen molar-refractivity contribution in [1.82, 2.24) is 9.97 Å². The molecule has 3 rings (SSSR count). The van der Waals surface area contributed by atoms with Gasteiger partial charge in [-0.25, -0.2) is 9.37 Å². The van der Waals surface area contributed by atoms with Crippen LogP contribution in [0.5, 0.6) is 0 Å². The fourth-order valence-electron chi connectivity index (χ4n) is 3.26. The smallest absolute Gasteiger partial charge is 0.247 e. The Morgan fingerprint density at radius 3 is 2.81 bits per heavy atom. The lowest BCUT2D eigenvalue weighted by Crippen LogP contribution is -2.17. The molecule has 2 heterocycles. The fourth-order valence-corrected chi connectivity index (χ4v) is 3.26. The molecule has 32 heavy (non-hydrogen) atoms. The quantitative estimate of drug-likeness (QED) is 0.367. The van der Waals surface area contributed by atoms with Crippen LogP contribution in [0, 0.1) is 5.82 Å². The Hall–Kier alpha value is -3.79. The van der Waals surface area contributed by atoms with Gasteiger partial charge in [-0.1, -0.05) is 6.58 Å². The number of hydrogen-bond acceptors (Lipinski definition) is 8. The average molecular weight is 439 g/mol. The first-order valence-corrected chi connectivity index (χ1v) is 10.1. The molecule has 1 aromatic carbocycles. The third-order valence-electron chi connectivity index (χ3n) is 4.85. The maximum atomic E-state index is 14.6. The third kappa shape index (κ3) is 5.88.